The van der Waals surface area contributed by atoms with Crippen LogP contribution in [0, 0.1) is 6.92 Å². The number of aromatic nitrogens is 2. The Hall–Kier alpha value is -1.85. The molecule has 0 aliphatic heterocycles. The van der Waals surface area contributed by atoms with Crippen molar-refractivity contribution in [3.63, 3.8) is 0 Å². The Morgan fingerprint density at radius 3 is 2.70 bits per heavy atom. The molecule has 5 nitrogen and oxygen atoms in total. The third-order valence-electron chi connectivity index (χ3n) is 4.32. The molecule has 0 saturated carbocycles. The van der Waals surface area contributed by atoms with E-state index >= 15 is 0 Å². The van der Waals surface area contributed by atoms with Gasteiger partial charge in [-0.2, -0.15) is 5.10 Å². The zero-order valence-corrected chi connectivity index (χ0v) is 14.5. The van der Waals surface area contributed by atoms with Crippen LogP contribution in [0.4, 0.5) is 0 Å². The molecule has 0 aliphatic carbocycles. The van der Waals surface area contributed by atoms with Crippen molar-refractivity contribution in [2.24, 2.45) is 5.73 Å². The molecular formula is C17H23ClN4O. The molecule has 1 aromatic carbocycles. The smallest absolute Gasteiger partial charge is 0.254 e. The molecular weight excluding hydrogens is 312 g/mol. The van der Waals surface area contributed by atoms with Gasteiger partial charge in [0.25, 0.3) is 5.91 Å². The second kappa shape index (κ2) is 7.15. The van der Waals surface area contributed by atoms with Crippen molar-refractivity contribution in [3.8, 4) is 5.69 Å². The number of hydrogen-bond acceptors (Lipinski definition) is 3. The third-order valence-corrected chi connectivity index (χ3v) is 4.55. The Morgan fingerprint density at radius 1 is 1.39 bits per heavy atom. The van der Waals surface area contributed by atoms with Crippen molar-refractivity contribution in [3.05, 3.63) is 46.7 Å². The number of benzene rings is 1. The molecule has 2 aromatic rings. The highest BCUT2D eigenvalue weighted by Crippen LogP contribution is 2.18. The minimum atomic E-state index is -0.369. The topological polar surface area (TPSA) is 72.9 Å². The van der Waals surface area contributed by atoms with E-state index in [1.807, 2.05) is 39.0 Å². The first-order valence-electron chi connectivity index (χ1n) is 7.78. The Balaban J connectivity index is 2.17. The Kier molecular flexibility index (Phi) is 5.44. The maximum atomic E-state index is 12.4. The molecule has 0 spiro atoms. The first kappa shape index (κ1) is 17.5. The monoisotopic (exact) mass is 334 g/mol. The lowest BCUT2D eigenvalue weighted by Gasteiger charge is -2.26. The summed E-state index contributed by atoms with van der Waals surface area (Å²) in [6.07, 6.45) is 3.19. The highest BCUT2D eigenvalue weighted by molar-refractivity contribution is 6.30. The normalized spacial score (nSPS) is 11.5. The van der Waals surface area contributed by atoms with Gasteiger partial charge in [-0.25, -0.2) is 4.68 Å². The van der Waals surface area contributed by atoms with Gasteiger partial charge in [0.05, 0.1) is 23.1 Å². The molecule has 0 saturated heterocycles. The molecule has 0 radical (unpaired) electrons. The summed E-state index contributed by atoms with van der Waals surface area (Å²) in [6, 6.07) is 7.35. The van der Waals surface area contributed by atoms with Crippen molar-refractivity contribution in [2.45, 2.75) is 39.2 Å². The van der Waals surface area contributed by atoms with Crippen LogP contribution < -0.4 is 11.1 Å². The van der Waals surface area contributed by atoms with Gasteiger partial charge < -0.3 is 11.1 Å². The lowest BCUT2D eigenvalue weighted by atomic mass is 9.94. The summed E-state index contributed by atoms with van der Waals surface area (Å²) in [6.45, 7) is 6.36. The molecule has 124 valence electrons. The number of amides is 1. The fourth-order valence-corrected chi connectivity index (χ4v) is 2.54. The Labute approximate surface area is 141 Å². The number of carbonyl (C=O) groups is 1. The predicted molar refractivity (Wildman–Crippen MR) is 93.1 cm³/mol. The van der Waals surface area contributed by atoms with E-state index in [4.69, 9.17) is 17.3 Å². The van der Waals surface area contributed by atoms with Gasteiger partial charge in [-0.05, 0) is 38.0 Å². The van der Waals surface area contributed by atoms with Crippen molar-refractivity contribution in [1.82, 2.24) is 15.1 Å². The molecule has 1 heterocycles. The minimum Gasteiger partial charge on any atom is -0.350 e. The van der Waals surface area contributed by atoms with Crippen LogP contribution in [-0.2, 0) is 0 Å². The van der Waals surface area contributed by atoms with E-state index in [2.05, 4.69) is 10.4 Å². The van der Waals surface area contributed by atoms with Gasteiger partial charge in [-0.15, -0.1) is 0 Å². The maximum Gasteiger partial charge on any atom is 0.254 e. The summed E-state index contributed by atoms with van der Waals surface area (Å²) in [5.41, 5.74) is 7.98. The van der Waals surface area contributed by atoms with E-state index in [9.17, 15) is 4.79 Å². The Morgan fingerprint density at radius 2 is 2.09 bits per heavy atom. The van der Waals surface area contributed by atoms with Crippen LogP contribution in [0.2, 0.25) is 5.02 Å². The van der Waals surface area contributed by atoms with Crippen LogP contribution in [0.15, 0.2) is 30.5 Å². The highest BCUT2D eigenvalue weighted by Gasteiger charge is 2.22. The number of halogens is 1. The van der Waals surface area contributed by atoms with Gasteiger partial charge in [0.1, 0.15) is 0 Å². The number of rotatable bonds is 6. The summed E-state index contributed by atoms with van der Waals surface area (Å²) in [4.78, 5) is 12.4. The van der Waals surface area contributed by atoms with Crippen LogP contribution in [0.1, 0.15) is 42.7 Å². The first-order valence-corrected chi connectivity index (χ1v) is 8.15. The summed E-state index contributed by atoms with van der Waals surface area (Å²) in [7, 11) is 0. The first-order chi connectivity index (χ1) is 10.9. The average Bonchev–Trinajstić information content (AvgIpc) is 2.94. The van der Waals surface area contributed by atoms with E-state index in [-0.39, 0.29) is 11.4 Å². The number of nitrogens with one attached hydrogen (secondary N) is 1. The molecule has 1 aromatic heterocycles. The van der Waals surface area contributed by atoms with Gasteiger partial charge in [0.2, 0.25) is 0 Å². The number of nitrogens with two attached hydrogens (primary N) is 1. The standard InChI is InChI=1S/C17H23ClN4O/c1-4-17(19,5-2)11-20-16(23)15-10-21-22(12(15)3)14-8-6-7-13(18)9-14/h6-10H,4-5,11,19H2,1-3H3,(H,20,23). The summed E-state index contributed by atoms with van der Waals surface area (Å²) in [5.74, 6) is -0.160. The van der Waals surface area contributed by atoms with Crippen LogP contribution in [-0.4, -0.2) is 27.8 Å². The number of hydrogen-bond donors (Lipinski definition) is 2. The fourth-order valence-electron chi connectivity index (χ4n) is 2.35. The summed E-state index contributed by atoms with van der Waals surface area (Å²) < 4.78 is 1.70. The lowest BCUT2D eigenvalue weighted by Crippen LogP contribution is -2.49. The highest BCUT2D eigenvalue weighted by atomic mass is 35.5. The molecule has 6 heteroatoms. The van der Waals surface area contributed by atoms with Crippen LogP contribution in [0.5, 0.6) is 0 Å². The van der Waals surface area contributed by atoms with Crippen LogP contribution in [0.25, 0.3) is 5.69 Å². The summed E-state index contributed by atoms with van der Waals surface area (Å²) >= 11 is 6.01. The average molecular weight is 335 g/mol. The Bertz CT molecular complexity index is 692. The van der Waals surface area contributed by atoms with Crippen LogP contribution >= 0.6 is 11.6 Å². The van der Waals surface area contributed by atoms with Crippen molar-refractivity contribution in [1.29, 1.82) is 0 Å². The molecule has 1 amide bonds. The largest absolute Gasteiger partial charge is 0.350 e. The third kappa shape index (κ3) is 3.92. The van der Waals surface area contributed by atoms with Gasteiger partial charge >= 0.3 is 0 Å². The van der Waals surface area contributed by atoms with E-state index in [1.165, 1.54) is 0 Å². The molecule has 0 atom stereocenters. The quantitative estimate of drug-likeness (QED) is 0.852. The molecule has 23 heavy (non-hydrogen) atoms. The lowest BCUT2D eigenvalue weighted by molar-refractivity contribution is 0.0941. The molecule has 0 aliphatic rings. The van der Waals surface area contributed by atoms with E-state index in [0.29, 0.717) is 17.1 Å². The van der Waals surface area contributed by atoms with Crippen LogP contribution in [0.3, 0.4) is 0 Å². The van der Waals surface area contributed by atoms with Gasteiger partial charge in [-0.1, -0.05) is 31.5 Å². The van der Waals surface area contributed by atoms with Crippen molar-refractivity contribution < 1.29 is 4.79 Å². The van der Waals surface area contributed by atoms with Gasteiger partial charge in [-0.3, -0.25) is 4.79 Å². The zero-order chi connectivity index (χ0) is 17.0. The minimum absolute atomic E-state index is 0.160. The second-order valence-electron chi connectivity index (χ2n) is 5.79. The molecule has 0 bridgehead atoms. The predicted octanol–water partition coefficient (Wildman–Crippen LogP) is 3.08. The number of nitrogens with zero attached hydrogens (tertiary/aromatic N) is 2. The molecule has 0 unspecified atom stereocenters. The van der Waals surface area contributed by atoms with E-state index < -0.39 is 0 Å². The van der Waals surface area contributed by atoms with Crippen molar-refractivity contribution >= 4 is 17.5 Å². The second-order valence-corrected chi connectivity index (χ2v) is 6.22. The summed E-state index contributed by atoms with van der Waals surface area (Å²) in [5, 5.41) is 7.84. The molecule has 3 N–H and O–H groups in total. The fraction of sp³-hybridized carbons (Fsp3) is 0.412. The van der Waals surface area contributed by atoms with Crippen molar-refractivity contribution in [2.75, 3.05) is 6.54 Å². The number of carbonyl (C=O) groups excluding carboxylic acids is 1. The molecule has 0 fully saturated rings. The van der Waals surface area contributed by atoms with Gasteiger partial charge in [0, 0.05) is 17.1 Å². The zero-order valence-electron chi connectivity index (χ0n) is 13.8. The van der Waals surface area contributed by atoms with Gasteiger partial charge in [0.15, 0.2) is 0 Å². The molecule has 2 rings (SSSR count). The maximum absolute atomic E-state index is 12.4. The SMILES string of the molecule is CCC(N)(CC)CNC(=O)c1cnn(-c2cccc(Cl)c2)c1C. The van der Waals surface area contributed by atoms with E-state index in [1.54, 1.807) is 16.9 Å². The van der Waals surface area contributed by atoms with E-state index in [0.717, 1.165) is 24.2 Å².